The van der Waals surface area contributed by atoms with Gasteiger partial charge < -0.3 is 10.4 Å². The van der Waals surface area contributed by atoms with Crippen molar-refractivity contribution in [3.8, 4) is 0 Å². The van der Waals surface area contributed by atoms with Gasteiger partial charge in [0.1, 0.15) is 18.8 Å². The fourth-order valence-corrected chi connectivity index (χ4v) is 3.50. The van der Waals surface area contributed by atoms with Crippen molar-refractivity contribution in [2.75, 3.05) is 6.67 Å². The summed E-state index contributed by atoms with van der Waals surface area (Å²) in [5.41, 5.74) is 0.395. The minimum atomic E-state index is -1.46. The molecule has 2 atom stereocenters. The molecule has 1 aromatic heterocycles. The van der Waals surface area contributed by atoms with Gasteiger partial charge in [0.25, 0.3) is 5.56 Å². The molecule has 0 saturated heterocycles. The summed E-state index contributed by atoms with van der Waals surface area (Å²) in [6, 6.07) is 6.59. The summed E-state index contributed by atoms with van der Waals surface area (Å²) in [6.07, 6.45) is 0.962. The lowest BCUT2D eigenvalue weighted by atomic mass is 9.98. The molecule has 1 amide bonds. The molecule has 0 bridgehead atoms. The van der Waals surface area contributed by atoms with Gasteiger partial charge in [0.2, 0.25) is 5.91 Å². The van der Waals surface area contributed by atoms with E-state index in [-0.39, 0.29) is 5.56 Å². The number of carboxylic acid groups (broad SMARTS) is 1. The number of Topliss-reactive ketones (excluding diaryl/α,β-unsaturated/α-hetero) is 1. The fourth-order valence-electron chi connectivity index (χ4n) is 3.50. The lowest BCUT2D eigenvalue weighted by Crippen LogP contribution is -2.48. The highest BCUT2D eigenvalue weighted by Gasteiger charge is 2.31. The van der Waals surface area contributed by atoms with E-state index in [1.54, 1.807) is 12.1 Å². The number of ketones is 1. The molecular weight excluding hydrogens is 355 g/mol. The summed E-state index contributed by atoms with van der Waals surface area (Å²) < 4.78 is 14.1. The van der Waals surface area contributed by atoms with E-state index in [4.69, 9.17) is 5.11 Å². The van der Waals surface area contributed by atoms with E-state index in [2.05, 4.69) is 5.32 Å². The van der Waals surface area contributed by atoms with Crippen LogP contribution >= 0.6 is 0 Å². The third-order valence-electron chi connectivity index (χ3n) is 4.78. The normalized spacial score (nSPS) is 17.1. The Hall–Kier alpha value is -3.03. The Labute approximate surface area is 153 Å². The third-order valence-corrected chi connectivity index (χ3v) is 4.78. The smallest absolute Gasteiger partial charge is 0.305 e. The van der Waals surface area contributed by atoms with Crippen LogP contribution in [0, 0.1) is 0 Å². The molecule has 1 aromatic carbocycles. The maximum absolute atomic E-state index is 12.9. The maximum atomic E-state index is 12.9. The minimum absolute atomic E-state index is 0.311. The van der Waals surface area contributed by atoms with Gasteiger partial charge in [0.15, 0.2) is 5.78 Å². The number of aryl methyl sites for hydroxylation is 1. The van der Waals surface area contributed by atoms with Crippen LogP contribution < -0.4 is 10.9 Å². The first-order chi connectivity index (χ1) is 12.9. The molecule has 1 aliphatic rings. The van der Waals surface area contributed by atoms with Gasteiger partial charge in [-0.1, -0.05) is 18.2 Å². The summed E-state index contributed by atoms with van der Waals surface area (Å²) in [7, 11) is 0. The highest BCUT2D eigenvalue weighted by Crippen LogP contribution is 2.26. The van der Waals surface area contributed by atoms with Crippen LogP contribution in [-0.2, 0) is 20.8 Å². The molecule has 0 spiro atoms. The Morgan fingerprint density at radius 3 is 2.74 bits per heavy atom. The molecule has 0 fully saturated rings. The van der Waals surface area contributed by atoms with E-state index in [9.17, 15) is 23.6 Å². The largest absolute Gasteiger partial charge is 0.481 e. The monoisotopic (exact) mass is 374 g/mol. The first-order valence-corrected chi connectivity index (χ1v) is 8.66. The summed E-state index contributed by atoms with van der Waals surface area (Å²) in [6.45, 7) is -1.37. The molecular formula is C19H19FN2O5. The van der Waals surface area contributed by atoms with Gasteiger partial charge in [-0.15, -0.1) is 0 Å². The van der Waals surface area contributed by atoms with Crippen LogP contribution in [0.4, 0.5) is 4.39 Å². The Bertz CT molecular complexity index is 968. The van der Waals surface area contributed by atoms with E-state index < -0.39 is 42.8 Å². The molecule has 2 heterocycles. The van der Waals surface area contributed by atoms with Crippen LogP contribution in [0.1, 0.15) is 31.0 Å². The Balaban J connectivity index is 1.96. The molecule has 0 unspecified atom stereocenters. The van der Waals surface area contributed by atoms with Crippen LogP contribution in [-0.4, -0.2) is 40.0 Å². The van der Waals surface area contributed by atoms with Gasteiger partial charge in [0, 0.05) is 11.1 Å². The number of benzene rings is 1. The topological polar surface area (TPSA) is 105 Å². The van der Waals surface area contributed by atoms with Gasteiger partial charge in [-0.05, 0) is 36.8 Å². The predicted octanol–water partition coefficient (Wildman–Crippen LogP) is 1.38. The van der Waals surface area contributed by atoms with Gasteiger partial charge in [0.05, 0.1) is 6.42 Å². The van der Waals surface area contributed by atoms with Crippen LogP contribution in [0.25, 0.3) is 10.8 Å². The van der Waals surface area contributed by atoms with Gasteiger partial charge in [-0.3, -0.25) is 23.7 Å². The van der Waals surface area contributed by atoms with Crippen LogP contribution in [0.3, 0.4) is 0 Å². The number of halogens is 1. The van der Waals surface area contributed by atoms with Crippen LogP contribution in [0.2, 0.25) is 0 Å². The maximum Gasteiger partial charge on any atom is 0.305 e. The molecule has 7 nitrogen and oxygen atoms in total. The highest BCUT2D eigenvalue weighted by atomic mass is 19.1. The first-order valence-electron chi connectivity index (χ1n) is 8.66. The molecule has 2 N–H and O–H groups in total. The number of hydrogen-bond donors (Lipinski definition) is 2. The predicted molar refractivity (Wildman–Crippen MR) is 95.3 cm³/mol. The molecule has 0 saturated carbocycles. The number of carbonyl (C=O) groups excluding carboxylic acids is 2. The van der Waals surface area contributed by atoms with E-state index in [0.717, 1.165) is 5.39 Å². The zero-order chi connectivity index (χ0) is 19.6. The lowest BCUT2D eigenvalue weighted by Gasteiger charge is -2.28. The Morgan fingerprint density at radius 2 is 2.04 bits per heavy atom. The zero-order valence-electron chi connectivity index (χ0n) is 14.5. The number of aliphatic carboxylic acids is 1. The van der Waals surface area contributed by atoms with E-state index in [1.807, 2.05) is 18.2 Å². The number of hydrogen-bond acceptors (Lipinski definition) is 4. The Morgan fingerprint density at radius 1 is 1.30 bits per heavy atom. The quantitative estimate of drug-likeness (QED) is 0.795. The number of amides is 1. The van der Waals surface area contributed by atoms with E-state index in [1.165, 1.54) is 4.57 Å². The summed E-state index contributed by atoms with van der Waals surface area (Å²) >= 11 is 0. The van der Waals surface area contributed by atoms with Crippen molar-refractivity contribution in [1.82, 2.24) is 9.88 Å². The average Bonchev–Trinajstić information content (AvgIpc) is 2.66. The van der Waals surface area contributed by atoms with Crippen LogP contribution in [0.5, 0.6) is 0 Å². The summed E-state index contributed by atoms with van der Waals surface area (Å²) in [5, 5.41) is 12.5. The van der Waals surface area contributed by atoms with Crippen molar-refractivity contribution in [1.29, 1.82) is 0 Å². The summed E-state index contributed by atoms with van der Waals surface area (Å²) in [4.78, 5) is 48.2. The number of nitrogens with one attached hydrogen (secondary N) is 1. The molecule has 0 radical (unpaired) electrons. The van der Waals surface area contributed by atoms with E-state index in [0.29, 0.717) is 30.3 Å². The van der Waals surface area contributed by atoms with Crippen molar-refractivity contribution in [2.24, 2.45) is 0 Å². The SMILES string of the molecule is O=C(O)C[C@H](NC(=O)[C@@H]1CCCc2cc3ccccc3c(=O)n21)C(=O)CF. The zero-order valence-corrected chi connectivity index (χ0v) is 14.5. The molecule has 142 valence electrons. The van der Waals surface area contributed by atoms with Crippen molar-refractivity contribution in [3.63, 3.8) is 0 Å². The van der Waals surface area contributed by atoms with Crippen molar-refractivity contribution in [3.05, 3.63) is 46.4 Å². The minimum Gasteiger partial charge on any atom is -0.481 e. The van der Waals surface area contributed by atoms with Crippen molar-refractivity contribution < 1.29 is 23.9 Å². The van der Waals surface area contributed by atoms with Gasteiger partial charge in [-0.2, -0.15) is 0 Å². The second-order valence-electron chi connectivity index (χ2n) is 6.57. The molecule has 2 aromatic rings. The number of aromatic nitrogens is 1. The Kier molecular flexibility index (Phi) is 5.34. The molecule has 0 aliphatic carbocycles. The molecule has 1 aliphatic heterocycles. The molecule has 8 heteroatoms. The van der Waals surface area contributed by atoms with E-state index >= 15 is 0 Å². The van der Waals surface area contributed by atoms with Crippen molar-refractivity contribution in [2.45, 2.75) is 37.8 Å². The van der Waals surface area contributed by atoms with Gasteiger partial charge >= 0.3 is 5.97 Å². The van der Waals surface area contributed by atoms with Crippen LogP contribution in [0.15, 0.2) is 35.1 Å². The molecule has 3 rings (SSSR count). The fraction of sp³-hybridized carbons (Fsp3) is 0.368. The van der Waals surface area contributed by atoms with Crippen molar-refractivity contribution >= 4 is 28.4 Å². The second kappa shape index (κ2) is 7.69. The molecule has 27 heavy (non-hydrogen) atoms. The summed E-state index contributed by atoms with van der Waals surface area (Å²) in [5.74, 6) is -2.98. The second-order valence-corrected chi connectivity index (χ2v) is 6.57. The first kappa shape index (κ1) is 18.8. The number of alkyl halides is 1. The van der Waals surface area contributed by atoms with Gasteiger partial charge in [-0.25, -0.2) is 4.39 Å². The standard InChI is InChI=1S/C19H19FN2O5/c20-10-16(23)14(9-17(24)25)21-18(26)15-7-3-5-12-8-11-4-1-2-6-13(11)19(27)22(12)15/h1-2,4,6,8,14-15H,3,5,7,9-10H2,(H,21,26)(H,24,25)/t14-,15-/m0/s1. The highest BCUT2D eigenvalue weighted by molar-refractivity contribution is 5.93. The number of fused-ring (bicyclic) bond motifs is 2. The number of carboxylic acids is 1. The average molecular weight is 374 g/mol. The third kappa shape index (κ3) is 3.74. The number of nitrogens with zero attached hydrogens (tertiary/aromatic N) is 1. The number of rotatable bonds is 6. The number of pyridine rings is 1. The lowest BCUT2D eigenvalue weighted by molar-refractivity contribution is -0.140. The number of carbonyl (C=O) groups is 3.